The molecule has 1 aliphatic rings. The molecular formula is C13H22N2OS2. The van der Waals surface area contributed by atoms with Gasteiger partial charge in [0, 0.05) is 39.8 Å². The van der Waals surface area contributed by atoms with Crippen molar-refractivity contribution in [1.29, 1.82) is 0 Å². The second kappa shape index (κ2) is 6.78. The molecule has 3 unspecified atom stereocenters. The van der Waals surface area contributed by atoms with Crippen molar-refractivity contribution in [3.05, 3.63) is 16.1 Å². The van der Waals surface area contributed by atoms with Crippen molar-refractivity contribution in [2.45, 2.75) is 57.4 Å². The predicted octanol–water partition coefficient (Wildman–Crippen LogP) is 2.62. The lowest BCUT2D eigenvalue weighted by Gasteiger charge is -2.29. The Hall–Kier alpha value is -0.260. The topological polar surface area (TPSA) is 42.0 Å². The van der Waals surface area contributed by atoms with Gasteiger partial charge in [-0.2, -0.15) is 0 Å². The highest BCUT2D eigenvalue weighted by Gasteiger charge is 2.25. The summed E-state index contributed by atoms with van der Waals surface area (Å²) >= 11 is 1.70. The van der Waals surface area contributed by atoms with Gasteiger partial charge in [0.15, 0.2) is 0 Å². The number of nitrogens with zero attached hydrogens (tertiary/aromatic N) is 1. The summed E-state index contributed by atoms with van der Waals surface area (Å²) in [6.07, 6.45) is 4.60. The molecule has 0 aromatic carbocycles. The Labute approximate surface area is 116 Å². The van der Waals surface area contributed by atoms with E-state index in [-0.39, 0.29) is 0 Å². The van der Waals surface area contributed by atoms with Crippen LogP contribution in [-0.4, -0.2) is 26.2 Å². The number of aromatic nitrogens is 1. The van der Waals surface area contributed by atoms with Crippen LogP contribution in [0.2, 0.25) is 0 Å². The zero-order valence-corrected chi connectivity index (χ0v) is 12.8. The SMILES string of the molecule is CCS(=O)C1CCCC(NCc2csc(C)n2)C1. The number of thiazole rings is 1. The van der Waals surface area contributed by atoms with E-state index in [1.54, 1.807) is 11.3 Å². The van der Waals surface area contributed by atoms with E-state index in [9.17, 15) is 4.21 Å². The summed E-state index contributed by atoms with van der Waals surface area (Å²) in [5, 5.41) is 7.21. The van der Waals surface area contributed by atoms with Crippen LogP contribution in [-0.2, 0) is 17.3 Å². The molecule has 1 heterocycles. The van der Waals surface area contributed by atoms with Gasteiger partial charge in [0.1, 0.15) is 0 Å². The Morgan fingerprint density at radius 3 is 3.06 bits per heavy atom. The molecule has 0 saturated heterocycles. The van der Waals surface area contributed by atoms with Gasteiger partial charge in [-0.05, 0) is 26.2 Å². The first kappa shape index (κ1) is 14.2. The van der Waals surface area contributed by atoms with Crippen molar-refractivity contribution >= 4 is 22.1 Å². The van der Waals surface area contributed by atoms with E-state index < -0.39 is 10.8 Å². The van der Waals surface area contributed by atoms with Crippen LogP contribution in [0.3, 0.4) is 0 Å². The van der Waals surface area contributed by atoms with Crippen LogP contribution in [0.1, 0.15) is 43.3 Å². The molecule has 1 aromatic rings. The van der Waals surface area contributed by atoms with Gasteiger partial charge in [-0.15, -0.1) is 11.3 Å². The third-order valence-electron chi connectivity index (χ3n) is 3.52. The molecule has 0 radical (unpaired) electrons. The van der Waals surface area contributed by atoms with Crippen molar-refractivity contribution in [2.24, 2.45) is 0 Å². The first-order valence-corrected chi connectivity index (χ1v) is 8.96. The molecular weight excluding hydrogens is 264 g/mol. The largest absolute Gasteiger partial charge is 0.308 e. The molecule has 102 valence electrons. The Bertz CT molecular complexity index is 405. The second-order valence-corrected chi connectivity index (χ2v) is 7.96. The molecule has 0 bridgehead atoms. The summed E-state index contributed by atoms with van der Waals surface area (Å²) in [5.41, 5.74) is 1.14. The smallest absolute Gasteiger partial charge is 0.0897 e. The number of rotatable bonds is 5. The molecule has 0 aliphatic heterocycles. The van der Waals surface area contributed by atoms with Crippen molar-refractivity contribution in [3.63, 3.8) is 0 Å². The van der Waals surface area contributed by atoms with Crippen LogP contribution in [0.15, 0.2) is 5.38 Å². The van der Waals surface area contributed by atoms with E-state index in [1.807, 2.05) is 13.8 Å². The third-order valence-corrected chi connectivity index (χ3v) is 6.08. The zero-order valence-electron chi connectivity index (χ0n) is 11.1. The molecule has 2 rings (SSSR count). The predicted molar refractivity (Wildman–Crippen MR) is 78.4 cm³/mol. The van der Waals surface area contributed by atoms with Crippen molar-refractivity contribution in [3.8, 4) is 0 Å². The van der Waals surface area contributed by atoms with E-state index in [0.29, 0.717) is 11.3 Å². The van der Waals surface area contributed by atoms with Crippen molar-refractivity contribution in [2.75, 3.05) is 5.75 Å². The van der Waals surface area contributed by atoms with Crippen LogP contribution in [0, 0.1) is 6.92 Å². The third kappa shape index (κ3) is 3.87. The monoisotopic (exact) mass is 286 g/mol. The fourth-order valence-electron chi connectivity index (χ4n) is 2.54. The zero-order chi connectivity index (χ0) is 13.0. The maximum atomic E-state index is 11.9. The summed E-state index contributed by atoms with van der Waals surface area (Å²) < 4.78 is 11.9. The van der Waals surface area contributed by atoms with Gasteiger partial charge in [-0.25, -0.2) is 4.98 Å². The highest BCUT2D eigenvalue weighted by atomic mass is 32.2. The minimum Gasteiger partial charge on any atom is -0.308 e. The standard InChI is InChI=1S/C13H22N2OS2/c1-3-18(16)13-6-4-5-11(7-13)14-8-12-9-17-10(2)15-12/h9,11,13-14H,3-8H2,1-2H3. The first-order valence-electron chi connectivity index (χ1n) is 6.70. The number of hydrogen-bond acceptors (Lipinski definition) is 4. The molecule has 3 nitrogen and oxygen atoms in total. The Kier molecular flexibility index (Phi) is 5.33. The highest BCUT2D eigenvalue weighted by molar-refractivity contribution is 7.85. The van der Waals surface area contributed by atoms with Gasteiger partial charge in [-0.3, -0.25) is 4.21 Å². The van der Waals surface area contributed by atoms with Crippen LogP contribution >= 0.6 is 11.3 Å². The van der Waals surface area contributed by atoms with Gasteiger partial charge < -0.3 is 5.32 Å². The fraction of sp³-hybridized carbons (Fsp3) is 0.769. The average Bonchev–Trinajstić information content (AvgIpc) is 2.81. The molecule has 1 N–H and O–H groups in total. The molecule has 5 heteroatoms. The molecule has 1 aromatic heterocycles. The van der Waals surface area contributed by atoms with E-state index in [1.165, 1.54) is 12.8 Å². The summed E-state index contributed by atoms with van der Waals surface area (Å²) in [4.78, 5) is 4.46. The first-order chi connectivity index (χ1) is 8.69. The van der Waals surface area contributed by atoms with Gasteiger partial charge in [0.05, 0.1) is 10.7 Å². The van der Waals surface area contributed by atoms with Crippen molar-refractivity contribution in [1.82, 2.24) is 10.3 Å². The molecule has 0 spiro atoms. The number of nitrogens with one attached hydrogen (secondary N) is 1. The Balaban J connectivity index is 1.80. The lowest BCUT2D eigenvalue weighted by Crippen LogP contribution is -2.37. The maximum absolute atomic E-state index is 11.9. The van der Waals surface area contributed by atoms with Crippen molar-refractivity contribution < 1.29 is 4.21 Å². The molecule has 0 amide bonds. The number of hydrogen-bond donors (Lipinski definition) is 1. The molecule has 3 atom stereocenters. The molecule has 18 heavy (non-hydrogen) atoms. The molecule has 1 saturated carbocycles. The van der Waals surface area contributed by atoms with Gasteiger partial charge >= 0.3 is 0 Å². The van der Waals surface area contributed by atoms with E-state index in [0.717, 1.165) is 35.8 Å². The highest BCUT2D eigenvalue weighted by Crippen LogP contribution is 2.23. The number of aryl methyl sites for hydroxylation is 1. The maximum Gasteiger partial charge on any atom is 0.0897 e. The van der Waals surface area contributed by atoms with E-state index >= 15 is 0 Å². The second-order valence-electron chi connectivity index (χ2n) is 4.89. The lowest BCUT2D eigenvalue weighted by atomic mass is 9.95. The van der Waals surface area contributed by atoms with Crippen LogP contribution < -0.4 is 5.32 Å². The minimum atomic E-state index is -0.632. The summed E-state index contributed by atoms with van der Waals surface area (Å²) in [6, 6.07) is 0.515. The Morgan fingerprint density at radius 1 is 1.56 bits per heavy atom. The summed E-state index contributed by atoms with van der Waals surface area (Å²) in [6.45, 7) is 4.90. The van der Waals surface area contributed by atoms with E-state index in [4.69, 9.17) is 0 Å². The average molecular weight is 286 g/mol. The van der Waals surface area contributed by atoms with Crippen LogP contribution in [0.25, 0.3) is 0 Å². The molecule has 1 aliphatic carbocycles. The minimum absolute atomic E-state index is 0.401. The van der Waals surface area contributed by atoms with Gasteiger partial charge in [-0.1, -0.05) is 13.3 Å². The summed E-state index contributed by atoms with van der Waals surface area (Å²) in [5.74, 6) is 0.794. The fourth-order valence-corrected chi connectivity index (χ4v) is 4.50. The Morgan fingerprint density at radius 2 is 2.39 bits per heavy atom. The van der Waals surface area contributed by atoms with Gasteiger partial charge in [0.2, 0.25) is 0 Å². The quantitative estimate of drug-likeness (QED) is 0.905. The normalized spacial score (nSPS) is 26.1. The molecule has 1 fully saturated rings. The van der Waals surface area contributed by atoms with Crippen LogP contribution in [0.5, 0.6) is 0 Å². The van der Waals surface area contributed by atoms with Gasteiger partial charge in [0.25, 0.3) is 0 Å². The van der Waals surface area contributed by atoms with Crippen LogP contribution in [0.4, 0.5) is 0 Å². The van der Waals surface area contributed by atoms with E-state index in [2.05, 4.69) is 15.7 Å². The summed E-state index contributed by atoms with van der Waals surface area (Å²) in [7, 11) is -0.632. The lowest BCUT2D eigenvalue weighted by molar-refractivity contribution is 0.374.